The molecule has 0 atom stereocenters. The number of aromatic nitrogens is 4. The standard InChI is InChI=1S/C23H21ClN4O/c1-14-4-7-19(25-11-14)13-29-20-8-5-17(10-15(20)2)22-16(3)27-23(28-22)18-6-9-21(24)26-12-18/h4-12H,13H2,1-3H3,(H,27,28). The van der Waals surface area contributed by atoms with E-state index in [0.717, 1.165) is 50.9 Å². The first-order valence-electron chi connectivity index (χ1n) is 9.33. The molecule has 4 rings (SSSR count). The van der Waals surface area contributed by atoms with Gasteiger partial charge < -0.3 is 9.72 Å². The van der Waals surface area contributed by atoms with E-state index in [4.69, 9.17) is 21.3 Å². The zero-order valence-corrected chi connectivity index (χ0v) is 17.3. The topological polar surface area (TPSA) is 63.7 Å². The molecule has 3 aromatic heterocycles. The molecule has 1 aromatic carbocycles. The quantitative estimate of drug-likeness (QED) is 0.434. The Hall–Kier alpha value is -3.18. The van der Waals surface area contributed by atoms with Crippen LogP contribution in [-0.4, -0.2) is 19.9 Å². The highest BCUT2D eigenvalue weighted by molar-refractivity contribution is 6.29. The number of nitrogens with zero attached hydrogens (tertiary/aromatic N) is 3. The minimum Gasteiger partial charge on any atom is -0.487 e. The average Bonchev–Trinajstić information content (AvgIpc) is 3.10. The van der Waals surface area contributed by atoms with E-state index < -0.39 is 0 Å². The molecule has 0 unspecified atom stereocenters. The van der Waals surface area contributed by atoms with Gasteiger partial charge in [-0.05, 0) is 68.3 Å². The number of ether oxygens (including phenoxy) is 1. The summed E-state index contributed by atoms with van der Waals surface area (Å²) in [6.45, 7) is 6.51. The average molecular weight is 405 g/mol. The summed E-state index contributed by atoms with van der Waals surface area (Å²) in [6, 6.07) is 13.8. The molecule has 29 heavy (non-hydrogen) atoms. The van der Waals surface area contributed by atoms with Crippen molar-refractivity contribution in [2.45, 2.75) is 27.4 Å². The third kappa shape index (κ3) is 4.30. The van der Waals surface area contributed by atoms with Crippen LogP contribution in [0, 0.1) is 20.8 Å². The normalized spacial score (nSPS) is 10.9. The maximum Gasteiger partial charge on any atom is 0.139 e. The first kappa shape index (κ1) is 19.2. The summed E-state index contributed by atoms with van der Waals surface area (Å²) in [5, 5.41) is 0.462. The van der Waals surface area contributed by atoms with E-state index in [-0.39, 0.29) is 0 Å². The van der Waals surface area contributed by atoms with Crippen molar-refractivity contribution in [1.82, 2.24) is 19.9 Å². The lowest BCUT2D eigenvalue weighted by atomic mass is 10.1. The van der Waals surface area contributed by atoms with Crippen LogP contribution in [0.15, 0.2) is 54.9 Å². The molecule has 5 nitrogen and oxygen atoms in total. The number of hydrogen-bond acceptors (Lipinski definition) is 4. The van der Waals surface area contributed by atoms with Gasteiger partial charge in [-0.25, -0.2) is 9.97 Å². The number of aromatic amines is 1. The van der Waals surface area contributed by atoms with Crippen molar-refractivity contribution < 1.29 is 4.74 Å². The molecule has 1 N–H and O–H groups in total. The molecule has 6 heteroatoms. The predicted molar refractivity (Wildman–Crippen MR) is 115 cm³/mol. The van der Waals surface area contributed by atoms with Crippen LogP contribution in [-0.2, 0) is 6.61 Å². The van der Waals surface area contributed by atoms with Crippen molar-refractivity contribution in [2.75, 3.05) is 0 Å². The summed E-state index contributed by atoms with van der Waals surface area (Å²) in [5.74, 6) is 1.61. The van der Waals surface area contributed by atoms with E-state index in [9.17, 15) is 0 Å². The van der Waals surface area contributed by atoms with E-state index in [0.29, 0.717) is 11.8 Å². The molecule has 0 amide bonds. The van der Waals surface area contributed by atoms with Crippen molar-refractivity contribution in [3.8, 4) is 28.4 Å². The number of aryl methyl sites for hydroxylation is 3. The maximum absolute atomic E-state index is 5.96. The molecule has 0 bridgehead atoms. The summed E-state index contributed by atoms with van der Waals surface area (Å²) in [6.07, 6.45) is 3.56. The van der Waals surface area contributed by atoms with Crippen LogP contribution in [0.25, 0.3) is 22.6 Å². The zero-order valence-electron chi connectivity index (χ0n) is 16.5. The fraction of sp³-hybridized carbons (Fsp3) is 0.174. The van der Waals surface area contributed by atoms with E-state index in [1.807, 2.05) is 57.3 Å². The third-order valence-electron chi connectivity index (χ3n) is 4.68. The Labute approximate surface area is 174 Å². The Kier molecular flexibility index (Phi) is 5.32. The van der Waals surface area contributed by atoms with E-state index in [2.05, 4.69) is 21.0 Å². The second-order valence-corrected chi connectivity index (χ2v) is 7.41. The lowest BCUT2D eigenvalue weighted by Crippen LogP contribution is -1.99. The number of pyridine rings is 2. The van der Waals surface area contributed by atoms with E-state index in [1.54, 1.807) is 12.3 Å². The number of nitrogens with one attached hydrogen (secondary N) is 1. The largest absolute Gasteiger partial charge is 0.487 e. The highest BCUT2D eigenvalue weighted by atomic mass is 35.5. The van der Waals surface area contributed by atoms with Gasteiger partial charge in [-0.15, -0.1) is 0 Å². The van der Waals surface area contributed by atoms with Crippen LogP contribution in [0.4, 0.5) is 0 Å². The number of imidazole rings is 1. The Morgan fingerprint density at radius 1 is 0.931 bits per heavy atom. The summed E-state index contributed by atoms with van der Waals surface area (Å²) >= 11 is 5.88. The van der Waals surface area contributed by atoms with Crippen molar-refractivity contribution in [3.05, 3.63) is 82.5 Å². The molecule has 0 aliphatic rings. The predicted octanol–water partition coefficient (Wildman–Crippen LogP) is 5.69. The summed E-state index contributed by atoms with van der Waals surface area (Å²) in [5.41, 5.74) is 6.92. The van der Waals surface area contributed by atoms with Gasteiger partial charge in [0.15, 0.2) is 0 Å². The highest BCUT2D eigenvalue weighted by Gasteiger charge is 2.12. The van der Waals surface area contributed by atoms with Crippen LogP contribution >= 0.6 is 11.6 Å². The Balaban J connectivity index is 1.54. The molecule has 4 aromatic rings. The van der Waals surface area contributed by atoms with Gasteiger partial charge >= 0.3 is 0 Å². The first-order chi connectivity index (χ1) is 14.0. The van der Waals surface area contributed by atoms with Gasteiger partial charge in [0, 0.05) is 29.2 Å². The summed E-state index contributed by atoms with van der Waals surface area (Å²) in [4.78, 5) is 16.6. The number of H-pyrrole nitrogens is 1. The van der Waals surface area contributed by atoms with Gasteiger partial charge in [0.25, 0.3) is 0 Å². The minimum atomic E-state index is 0.440. The summed E-state index contributed by atoms with van der Waals surface area (Å²) in [7, 11) is 0. The van der Waals surface area contributed by atoms with Gasteiger partial charge in [-0.1, -0.05) is 17.7 Å². The molecule has 0 saturated heterocycles. The van der Waals surface area contributed by atoms with Crippen LogP contribution in [0.5, 0.6) is 5.75 Å². The van der Waals surface area contributed by atoms with Gasteiger partial charge in [-0.2, -0.15) is 0 Å². The van der Waals surface area contributed by atoms with E-state index in [1.165, 1.54) is 0 Å². The number of benzene rings is 1. The fourth-order valence-corrected chi connectivity index (χ4v) is 3.20. The lowest BCUT2D eigenvalue weighted by Gasteiger charge is -2.10. The Morgan fingerprint density at radius 3 is 2.45 bits per heavy atom. The van der Waals surface area contributed by atoms with Gasteiger partial charge in [0.2, 0.25) is 0 Å². The number of hydrogen-bond donors (Lipinski definition) is 1. The smallest absolute Gasteiger partial charge is 0.139 e. The maximum atomic E-state index is 5.96. The SMILES string of the molecule is Cc1ccc(COc2ccc(-c3nc(-c4ccc(Cl)nc4)[nH]c3C)cc2C)nc1. The Morgan fingerprint density at radius 2 is 1.76 bits per heavy atom. The Bertz CT molecular complexity index is 1130. The van der Waals surface area contributed by atoms with Gasteiger partial charge in [0.05, 0.1) is 11.4 Å². The number of halogens is 1. The molecule has 146 valence electrons. The molecule has 0 fully saturated rings. The monoisotopic (exact) mass is 404 g/mol. The van der Waals surface area contributed by atoms with Crippen LogP contribution in [0.3, 0.4) is 0 Å². The second-order valence-electron chi connectivity index (χ2n) is 7.02. The molecule has 0 aliphatic heterocycles. The zero-order chi connectivity index (χ0) is 20.4. The molecule has 0 radical (unpaired) electrons. The molecule has 0 aliphatic carbocycles. The molecular weight excluding hydrogens is 384 g/mol. The molecular formula is C23H21ClN4O. The van der Waals surface area contributed by atoms with Gasteiger partial charge in [0.1, 0.15) is 23.3 Å². The van der Waals surface area contributed by atoms with E-state index >= 15 is 0 Å². The van der Waals surface area contributed by atoms with Crippen molar-refractivity contribution in [3.63, 3.8) is 0 Å². The fourth-order valence-electron chi connectivity index (χ4n) is 3.09. The minimum absolute atomic E-state index is 0.440. The first-order valence-corrected chi connectivity index (χ1v) is 9.71. The number of rotatable bonds is 5. The van der Waals surface area contributed by atoms with Gasteiger partial charge in [-0.3, -0.25) is 4.98 Å². The second kappa shape index (κ2) is 8.05. The summed E-state index contributed by atoms with van der Waals surface area (Å²) < 4.78 is 5.96. The van der Waals surface area contributed by atoms with Crippen LogP contribution in [0.1, 0.15) is 22.5 Å². The van der Waals surface area contributed by atoms with Crippen molar-refractivity contribution in [2.24, 2.45) is 0 Å². The van der Waals surface area contributed by atoms with Crippen molar-refractivity contribution >= 4 is 11.6 Å². The van der Waals surface area contributed by atoms with Crippen LogP contribution in [0.2, 0.25) is 5.15 Å². The lowest BCUT2D eigenvalue weighted by molar-refractivity contribution is 0.299. The van der Waals surface area contributed by atoms with Crippen molar-refractivity contribution in [1.29, 1.82) is 0 Å². The molecule has 0 saturated carbocycles. The van der Waals surface area contributed by atoms with Crippen LogP contribution < -0.4 is 4.74 Å². The molecule has 3 heterocycles. The third-order valence-corrected chi connectivity index (χ3v) is 4.91. The highest BCUT2D eigenvalue weighted by Crippen LogP contribution is 2.29. The molecule has 0 spiro atoms.